The number of aliphatic hydroxyl groups is 1. The summed E-state index contributed by atoms with van der Waals surface area (Å²) in [5.41, 5.74) is 1.13. The molecule has 1 atom stereocenters. The lowest BCUT2D eigenvalue weighted by Crippen LogP contribution is -2.35. The van der Waals surface area contributed by atoms with Gasteiger partial charge in [0.15, 0.2) is 0 Å². The first kappa shape index (κ1) is 15.1. The number of rotatable bonds is 4. The van der Waals surface area contributed by atoms with Crippen molar-refractivity contribution in [3.8, 4) is 0 Å². The molecule has 1 aromatic rings. The van der Waals surface area contributed by atoms with Crippen LogP contribution in [0.5, 0.6) is 0 Å². The van der Waals surface area contributed by atoms with Gasteiger partial charge in [-0.15, -0.1) is 0 Å². The fourth-order valence-corrected chi connectivity index (χ4v) is 3.33. The maximum Gasteiger partial charge on any atom is 0.0459 e. The van der Waals surface area contributed by atoms with E-state index < -0.39 is 0 Å². The van der Waals surface area contributed by atoms with Gasteiger partial charge in [-0.2, -0.15) is 0 Å². The second-order valence-corrected chi connectivity index (χ2v) is 6.36. The standard InChI is InChI=1S/C15H21Cl2NO/c1-10(12-6-13(16)8-14(17)7-12)18-15-4-2-11(9-19)3-5-15/h6-8,10-11,15,18-19H,2-5,9H2,1H3. The second kappa shape index (κ2) is 6.94. The van der Waals surface area contributed by atoms with Gasteiger partial charge >= 0.3 is 0 Å². The number of hydrogen-bond donors (Lipinski definition) is 2. The molecule has 1 fully saturated rings. The Morgan fingerprint density at radius 3 is 2.26 bits per heavy atom. The molecular weight excluding hydrogens is 281 g/mol. The minimum Gasteiger partial charge on any atom is -0.396 e. The van der Waals surface area contributed by atoms with E-state index in [-0.39, 0.29) is 6.04 Å². The van der Waals surface area contributed by atoms with E-state index in [1.165, 1.54) is 0 Å². The van der Waals surface area contributed by atoms with Crippen molar-refractivity contribution in [1.82, 2.24) is 5.32 Å². The summed E-state index contributed by atoms with van der Waals surface area (Å²) < 4.78 is 0. The maximum absolute atomic E-state index is 9.15. The molecule has 0 spiro atoms. The van der Waals surface area contributed by atoms with Crippen LogP contribution in [0.1, 0.15) is 44.2 Å². The number of nitrogens with one attached hydrogen (secondary N) is 1. The largest absolute Gasteiger partial charge is 0.396 e. The van der Waals surface area contributed by atoms with Gasteiger partial charge in [0.2, 0.25) is 0 Å². The number of halogens is 2. The quantitative estimate of drug-likeness (QED) is 0.874. The third-order valence-corrected chi connectivity index (χ3v) is 4.41. The van der Waals surface area contributed by atoms with Crippen molar-refractivity contribution < 1.29 is 5.11 Å². The Kier molecular flexibility index (Phi) is 5.52. The summed E-state index contributed by atoms with van der Waals surface area (Å²) in [6, 6.07) is 6.45. The Morgan fingerprint density at radius 2 is 1.74 bits per heavy atom. The van der Waals surface area contributed by atoms with Gasteiger partial charge in [0.05, 0.1) is 0 Å². The maximum atomic E-state index is 9.15. The molecule has 1 unspecified atom stereocenters. The Labute approximate surface area is 125 Å². The molecule has 1 saturated carbocycles. The molecule has 0 saturated heterocycles. The Hall–Kier alpha value is -0.280. The van der Waals surface area contributed by atoms with Crippen LogP contribution in [0, 0.1) is 5.92 Å². The summed E-state index contributed by atoms with van der Waals surface area (Å²) in [7, 11) is 0. The Balaban J connectivity index is 1.92. The van der Waals surface area contributed by atoms with E-state index >= 15 is 0 Å². The average Bonchev–Trinajstić information content (AvgIpc) is 2.38. The van der Waals surface area contributed by atoms with E-state index in [1.807, 2.05) is 12.1 Å². The molecule has 2 rings (SSSR count). The van der Waals surface area contributed by atoms with E-state index in [2.05, 4.69) is 12.2 Å². The summed E-state index contributed by atoms with van der Waals surface area (Å²) in [4.78, 5) is 0. The van der Waals surface area contributed by atoms with Crippen LogP contribution >= 0.6 is 23.2 Å². The van der Waals surface area contributed by atoms with Crippen molar-refractivity contribution in [2.45, 2.75) is 44.7 Å². The fourth-order valence-electron chi connectivity index (χ4n) is 2.79. The first-order valence-corrected chi connectivity index (χ1v) is 7.67. The molecule has 106 valence electrons. The minimum atomic E-state index is 0.242. The third kappa shape index (κ3) is 4.35. The van der Waals surface area contributed by atoms with Gasteiger partial charge in [-0.25, -0.2) is 0 Å². The molecule has 1 aromatic carbocycles. The molecule has 0 aromatic heterocycles. The Morgan fingerprint density at radius 1 is 1.16 bits per heavy atom. The topological polar surface area (TPSA) is 32.3 Å². The average molecular weight is 302 g/mol. The van der Waals surface area contributed by atoms with Gasteiger partial charge in [-0.3, -0.25) is 0 Å². The highest BCUT2D eigenvalue weighted by molar-refractivity contribution is 6.34. The van der Waals surface area contributed by atoms with Gasteiger partial charge in [0, 0.05) is 28.7 Å². The lowest BCUT2D eigenvalue weighted by molar-refractivity contribution is 0.172. The van der Waals surface area contributed by atoms with Gasteiger partial charge in [-0.05, 0) is 62.3 Å². The predicted molar refractivity (Wildman–Crippen MR) is 80.8 cm³/mol. The van der Waals surface area contributed by atoms with E-state index in [9.17, 15) is 0 Å². The van der Waals surface area contributed by atoms with Gasteiger partial charge in [0.25, 0.3) is 0 Å². The first-order chi connectivity index (χ1) is 9.08. The molecule has 1 aliphatic rings. The minimum absolute atomic E-state index is 0.242. The summed E-state index contributed by atoms with van der Waals surface area (Å²) in [6.07, 6.45) is 4.47. The van der Waals surface area contributed by atoms with Crippen LogP contribution in [0.2, 0.25) is 10.0 Å². The summed E-state index contributed by atoms with van der Waals surface area (Å²) in [5, 5.41) is 14.1. The third-order valence-electron chi connectivity index (χ3n) is 3.98. The summed E-state index contributed by atoms with van der Waals surface area (Å²) in [6.45, 7) is 2.46. The molecule has 0 aliphatic heterocycles. The predicted octanol–water partition coefficient (Wildman–Crippen LogP) is 4.20. The molecule has 0 bridgehead atoms. The van der Waals surface area contributed by atoms with Crippen LogP contribution in [-0.4, -0.2) is 17.8 Å². The van der Waals surface area contributed by atoms with Gasteiger partial charge < -0.3 is 10.4 Å². The van der Waals surface area contributed by atoms with E-state index in [4.69, 9.17) is 28.3 Å². The molecule has 1 aliphatic carbocycles. The van der Waals surface area contributed by atoms with Crippen LogP contribution in [0.3, 0.4) is 0 Å². The van der Waals surface area contributed by atoms with Crippen LogP contribution in [0.15, 0.2) is 18.2 Å². The van der Waals surface area contributed by atoms with Crippen molar-refractivity contribution in [2.24, 2.45) is 5.92 Å². The van der Waals surface area contributed by atoms with Crippen molar-refractivity contribution in [1.29, 1.82) is 0 Å². The highest BCUT2D eigenvalue weighted by Gasteiger charge is 2.22. The molecule has 2 nitrogen and oxygen atoms in total. The SMILES string of the molecule is CC(NC1CCC(CO)CC1)c1cc(Cl)cc(Cl)c1. The monoisotopic (exact) mass is 301 g/mol. The molecule has 0 radical (unpaired) electrons. The summed E-state index contributed by atoms with van der Waals surface area (Å²) >= 11 is 12.1. The Bertz CT molecular complexity index is 396. The van der Waals surface area contributed by atoms with Crippen LogP contribution < -0.4 is 5.32 Å². The fraction of sp³-hybridized carbons (Fsp3) is 0.600. The smallest absolute Gasteiger partial charge is 0.0459 e. The van der Waals surface area contributed by atoms with E-state index in [0.717, 1.165) is 31.2 Å². The number of aliphatic hydroxyl groups excluding tert-OH is 1. The van der Waals surface area contributed by atoms with E-state index in [1.54, 1.807) is 6.07 Å². The molecular formula is C15H21Cl2NO. The molecule has 4 heteroatoms. The number of benzene rings is 1. The zero-order valence-corrected chi connectivity index (χ0v) is 12.7. The zero-order valence-electron chi connectivity index (χ0n) is 11.2. The highest BCUT2D eigenvalue weighted by atomic mass is 35.5. The van der Waals surface area contributed by atoms with Crippen molar-refractivity contribution in [2.75, 3.05) is 6.61 Å². The van der Waals surface area contributed by atoms with Gasteiger partial charge in [0.1, 0.15) is 0 Å². The lowest BCUT2D eigenvalue weighted by atomic mass is 9.86. The van der Waals surface area contributed by atoms with Crippen LogP contribution in [-0.2, 0) is 0 Å². The van der Waals surface area contributed by atoms with Gasteiger partial charge in [-0.1, -0.05) is 23.2 Å². The first-order valence-electron chi connectivity index (χ1n) is 6.91. The molecule has 19 heavy (non-hydrogen) atoms. The van der Waals surface area contributed by atoms with Crippen molar-refractivity contribution in [3.05, 3.63) is 33.8 Å². The second-order valence-electron chi connectivity index (χ2n) is 5.49. The lowest BCUT2D eigenvalue weighted by Gasteiger charge is -2.30. The van der Waals surface area contributed by atoms with Crippen molar-refractivity contribution >= 4 is 23.2 Å². The summed E-state index contributed by atoms with van der Waals surface area (Å²) in [5.74, 6) is 0.494. The molecule has 2 N–H and O–H groups in total. The highest BCUT2D eigenvalue weighted by Crippen LogP contribution is 2.27. The van der Waals surface area contributed by atoms with Crippen molar-refractivity contribution in [3.63, 3.8) is 0 Å². The van der Waals surface area contributed by atoms with E-state index in [0.29, 0.717) is 28.6 Å². The van der Waals surface area contributed by atoms with Crippen LogP contribution in [0.25, 0.3) is 0 Å². The molecule has 0 amide bonds. The van der Waals surface area contributed by atoms with Crippen LogP contribution in [0.4, 0.5) is 0 Å². The normalized spacial score (nSPS) is 25.3. The number of hydrogen-bond acceptors (Lipinski definition) is 2. The zero-order chi connectivity index (χ0) is 13.8. The molecule has 0 heterocycles.